The maximum atomic E-state index is 2.29. The fourth-order valence-corrected chi connectivity index (χ4v) is 2.27. The molecule has 1 aliphatic carbocycles. The first-order valence-corrected chi connectivity index (χ1v) is 5.18. The average Bonchev–Trinajstić information content (AvgIpc) is 2.48. The van der Waals surface area contributed by atoms with Crippen LogP contribution in [-0.4, -0.2) is 0 Å². The van der Waals surface area contributed by atoms with Gasteiger partial charge < -0.3 is 24.8 Å². The second-order valence-electron chi connectivity index (χ2n) is 3.91. The molecular formula is C12H17Cl2Zr. The molecule has 0 spiro atoms. The summed E-state index contributed by atoms with van der Waals surface area (Å²) in [4.78, 5) is 0. The van der Waals surface area contributed by atoms with Crippen LogP contribution in [0.4, 0.5) is 0 Å². The van der Waals surface area contributed by atoms with E-state index in [0.717, 1.165) is 5.92 Å². The van der Waals surface area contributed by atoms with E-state index in [4.69, 9.17) is 0 Å². The maximum Gasteiger partial charge on any atom is 3.00 e. The van der Waals surface area contributed by atoms with Crippen molar-refractivity contribution >= 4 is 0 Å². The van der Waals surface area contributed by atoms with Crippen molar-refractivity contribution in [2.45, 2.75) is 44.4 Å². The third kappa shape index (κ3) is 5.61. The Labute approximate surface area is 125 Å². The minimum absolute atomic E-state index is 0. The second kappa shape index (κ2) is 10.00. The first kappa shape index (κ1) is 18.2. The summed E-state index contributed by atoms with van der Waals surface area (Å²) in [6.45, 7) is 0. The zero-order chi connectivity index (χ0) is 8.23. The van der Waals surface area contributed by atoms with E-state index in [-0.39, 0.29) is 51.0 Å². The van der Waals surface area contributed by atoms with E-state index in [1.165, 1.54) is 38.5 Å². The van der Waals surface area contributed by atoms with Crippen LogP contribution in [0.5, 0.6) is 0 Å². The van der Waals surface area contributed by atoms with Gasteiger partial charge in [0, 0.05) is 0 Å². The molecule has 1 fully saturated rings. The van der Waals surface area contributed by atoms with Crippen LogP contribution in [0.1, 0.15) is 50.0 Å². The molecule has 0 nitrogen and oxygen atoms in total. The van der Waals surface area contributed by atoms with E-state index in [9.17, 15) is 0 Å². The third-order valence-electron chi connectivity index (χ3n) is 3.02. The van der Waals surface area contributed by atoms with Crippen molar-refractivity contribution in [2.24, 2.45) is 0 Å². The SMILES string of the molecule is [Cl-].[Cl-].[Zr+3].c1cc[c-](C2CCCCCC2)c1. The van der Waals surface area contributed by atoms with E-state index < -0.39 is 0 Å². The van der Waals surface area contributed by atoms with Crippen molar-refractivity contribution in [1.29, 1.82) is 0 Å². The minimum atomic E-state index is 0. The molecule has 0 aliphatic heterocycles. The summed E-state index contributed by atoms with van der Waals surface area (Å²) in [7, 11) is 0. The zero-order valence-electron chi connectivity index (χ0n) is 8.89. The van der Waals surface area contributed by atoms with Crippen LogP contribution in [0.25, 0.3) is 0 Å². The van der Waals surface area contributed by atoms with Crippen molar-refractivity contribution in [2.75, 3.05) is 0 Å². The monoisotopic (exact) mass is 321 g/mol. The summed E-state index contributed by atoms with van der Waals surface area (Å²) in [5.74, 6) is 0.877. The van der Waals surface area contributed by atoms with Gasteiger partial charge in [-0.1, -0.05) is 44.4 Å². The van der Waals surface area contributed by atoms with Crippen LogP contribution in [0.2, 0.25) is 0 Å². The number of rotatable bonds is 1. The summed E-state index contributed by atoms with van der Waals surface area (Å²) >= 11 is 0. The molecule has 0 saturated heterocycles. The third-order valence-corrected chi connectivity index (χ3v) is 3.02. The molecule has 83 valence electrons. The van der Waals surface area contributed by atoms with E-state index in [1.54, 1.807) is 5.56 Å². The molecule has 1 saturated carbocycles. The van der Waals surface area contributed by atoms with E-state index in [2.05, 4.69) is 24.3 Å². The molecule has 1 radical (unpaired) electrons. The first-order valence-electron chi connectivity index (χ1n) is 5.18. The van der Waals surface area contributed by atoms with Gasteiger partial charge >= 0.3 is 26.2 Å². The van der Waals surface area contributed by atoms with Gasteiger partial charge in [0.25, 0.3) is 0 Å². The van der Waals surface area contributed by atoms with Crippen LogP contribution in [0, 0.1) is 0 Å². The van der Waals surface area contributed by atoms with Gasteiger partial charge in [0.05, 0.1) is 0 Å². The largest absolute Gasteiger partial charge is 3.00 e. The van der Waals surface area contributed by atoms with Crippen molar-refractivity contribution in [3.63, 3.8) is 0 Å². The van der Waals surface area contributed by atoms with Gasteiger partial charge in [-0.15, -0.1) is 0 Å². The molecule has 0 atom stereocenters. The Bertz CT molecular complexity index is 214. The Hall–Kier alpha value is 0.813. The normalized spacial score (nSPS) is 16.5. The summed E-state index contributed by atoms with van der Waals surface area (Å²) < 4.78 is 0. The van der Waals surface area contributed by atoms with Gasteiger partial charge in [-0.25, -0.2) is 12.1 Å². The molecule has 0 amide bonds. The van der Waals surface area contributed by atoms with Gasteiger partial charge in [-0.2, -0.15) is 17.7 Å². The fourth-order valence-electron chi connectivity index (χ4n) is 2.27. The molecule has 3 heteroatoms. The molecule has 0 bridgehead atoms. The van der Waals surface area contributed by atoms with Crippen LogP contribution in [0.15, 0.2) is 24.3 Å². The summed E-state index contributed by atoms with van der Waals surface area (Å²) in [6.07, 6.45) is 8.63. The van der Waals surface area contributed by atoms with Crippen molar-refractivity contribution in [3.8, 4) is 0 Å². The predicted molar refractivity (Wildman–Crippen MR) is 52.5 cm³/mol. The Balaban J connectivity index is 0. The summed E-state index contributed by atoms with van der Waals surface area (Å²) in [5, 5.41) is 0. The molecule has 2 rings (SSSR count). The first-order chi connectivity index (χ1) is 5.97. The summed E-state index contributed by atoms with van der Waals surface area (Å²) in [5.41, 5.74) is 1.58. The van der Waals surface area contributed by atoms with Crippen LogP contribution >= 0.6 is 0 Å². The fraction of sp³-hybridized carbons (Fsp3) is 0.583. The van der Waals surface area contributed by atoms with E-state index in [1.807, 2.05) is 0 Å². The molecule has 1 aromatic carbocycles. The maximum absolute atomic E-state index is 2.29. The number of halogens is 2. The van der Waals surface area contributed by atoms with Crippen molar-refractivity contribution < 1.29 is 51.0 Å². The van der Waals surface area contributed by atoms with Gasteiger partial charge in [0.15, 0.2) is 0 Å². The molecule has 1 aliphatic rings. The van der Waals surface area contributed by atoms with Gasteiger partial charge in [0.2, 0.25) is 0 Å². The molecule has 1 aromatic rings. The van der Waals surface area contributed by atoms with Crippen LogP contribution < -0.4 is 24.8 Å². The van der Waals surface area contributed by atoms with Crippen LogP contribution in [0.3, 0.4) is 0 Å². The standard InChI is InChI=1S/C12H17.2ClH.Zr/c1-2-4-8-11(7-3-1)12-9-5-6-10-12;;;/h5-6,9-11H,1-4,7-8H2;2*1H;/q-1;;;+3/p-2. The zero-order valence-corrected chi connectivity index (χ0v) is 12.9. The minimum Gasteiger partial charge on any atom is -1.00 e. The van der Waals surface area contributed by atoms with Gasteiger partial charge in [-0.05, 0) is 0 Å². The topological polar surface area (TPSA) is 0 Å². The second-order valence-corrected chi connectivity index (χ2v) is 3.91. The molecular weight excluding hydrogens is 306 g/mol. The summed E-state index contributed by atoms with van der Waals surface area (Å²) in [6, 6.07) is 8.91. The van der Waals surface area contributed by atoms with E-state index in [0.29, 0.717) is 0 Å². The smallest absolute Gasteiger partial charge is 1.00 e. The number of hydrogen-bond acceptors (Lipinski definition) is 0. The van der Waals surface area contributed by atoms with Crippen molar-refractivity contribution in [1.82, 2.24) is 0 Å². The Morgan fingerprint density at radius 3 is 1.73 bits per heavy atom. The van der Waals surface area contributed by atoms with Crippen LogP contribution in [-0.2, 0) is 26.2 Å². The molecule has 15 heavy (non-hydrogen) atoms. The average molecular weight is 323 g/mol. The van der Waals surface area contributed by atoms with E-state index >= 15 is 0 Å². The molecule has 0 unspecified atom stereocenters. The van der Waals surface area contributed by atoms with Crippen molar-refractivity contribution in [3.05, 3.63) is 29.8 Å². The predicted octanol–water partition coefficient (Wildman–Crippen LogP) is -2.15. The molecule has 0 heterocycles. The van der Waals surface area contributed by atoms with Gasteiger partial charge in [-0.3, -0.25) is 0 Å². The Morgan fingerprint density at radius 1 is 0.800 bits per heavy atom. The molecule has 0 aromatic heterocycles. The Morgan fingerprint density at radius 2 is 1.27 bits per heavy atom. The quantitative estimate of drug-likeness (QED) is 0.408. The number of hydrogen-bond donors (Lipinski definition) is 0. The molecule has 0 N–H and O–H groups in total. The van der Waals surface area contributed by atoms with Gasteiger partial charge in [0.1, 0.15) is 0 Å². The Kier molecular flexibility index (Phi) is 12.1.